The molecule has 3 heterocycles. The SMILES string of the molecule is O=C(CCc1csc(-c2cccnc2)n1)N1CCOC(c2ccccc2F)C1. The van der Waals surface area contributed by atoms with Gasteiger partial charge in [0.2, 0.25) is 5.91 Å². The molecule has 1 aromatic carbocycles. The van der Waals surface area contributed by atoms with Crippen LogP contribution in [0, 0.1) is 5.82 Å². The highest BCUT2D eigenvalue weighted by atomic mass is 32.1. The van der Waals surface area contributed by atoms with Crippen LogP contribution in [0.4, 0.5) is 4.39 Å². The van der Waals surface area contributed by atoms with Crippen molar-refractivity contribution in [3.63, 3.8) is 0 Å². The summed E-state index contributed by atoms with van der Waals surface area (Å²) >= 11 is 1.55. The number of aromatic nitrogens is 2. The third-order valence-corrected chi connectivity index (χ3v) is 5.67. The van der Waals surface area contributed by atoms with Gasteiger partial charge in [-0.1, -0.05) is 18.2 Å². The van der Waals surface area contributed by atoms with Gasteiger partial charge in [0.1, 0.15) is 16.9 Å². The number of carbonyl (C=O) groups is 1. The summed E-state index contributed by atoms with van der Waals surface area (Å²) in [5.74, 6) is -0.257. The number of ether oxygens (including phenoxy) is 1. The summed E-state index contributed by atoms with van der Waals surface area (Å²) < 4.78 is 19.7. The monoisotopic (exact) mass is 397 g/mol. The van der Waals surface area contributed by atoms with Crippen LogP contribution in [-0.4, -0.2) is 40.5 Å². The summed E-state index contributed by atoms with van der Waals surface area (Å²) in [5.41, 5.74) is 2.38. The van der Waals surface area contributed by atoms with Gasteiger partial charge in [0.15, 0.2) is 0 Å². The maximum absolute atomic E-state index is 14.0. The van der Waals surface area contributed by atoms with Crippen LogP contribution in [0.15, 0.2) is 54.2 Å². The van der Waals surface area contributed by atoms with Crippen molar-refractivity contribution in [2.24, 2.45) is 0 Å². The summed E-state index contributed by atoms with van der Waals surface area (Å²) in [4.78, 5) is 23.1. The highest BCUT2D eigenvalue weighted by Gasteiger charge is 2.26. The molecule has 1 aliphatic rings. The fraction of sp³-hybridized carbons (Fsp3) is 0.286. The minimum absolute atomic E-state index is 0.0422. The molecule has 0 spiro atoms. The van der Waals surface area contributed by atoms with E-state index in [1.165, 1.54) is 6.07 Å². The minimum atomic E-state index is -0.421. The molecule has 0 radical (unpaired) electrons. The molecule has 1 saturated heterocycles. The third kappa shape index (κ3) is 4.26. The van der Waals surface area contributed by atoms with Crippen molar-refractivity contribution in [2.45, 2.75) is 18.9 Å². The van der Waals surface area contributed by atoms with Crippen molar-refractivity contribution in [3.8, 4) is 10.6 Å². The Labute approximate surface area is 166 Å². The number of carbonyl (C=O) groups excluding carboxylic acids is 1. The molecule has 0 saturated carbocycles. The first kappa shape index (κ1) is 18.7. The number of hydrogen-bond donors (Lipinski definition) is 0. The minimum Gasteiger partial charge on any atom is -0.370 e. The molecule has 28 heavy (non-hydrogen) atoms. The third-order valence-electron chi connectivity index (χ3n) is 4.73. The Morgan fingerprint density at radius 3 is 3.00 bits per heavy atom. The van der Waals surface area contributed by atoms with Crippen molar-refractivity contribution in [1.29, 1.82) is 0 Å². The van der Waals surface area contributed by atoms with E-state index in [1.807, 2.05) is 17.5 Å². The van der Waals surface area contributed by atoms with E-state index in [2.05, 4.69) is 9.97 Å². The van der Waals surface area contributed by atoms with Crippen LogP contribution < -0.4 is 0 Å². The van der Waals surface area contributed by atoms with E-state index in [-0.39, 0.29) is 11.7 Å². The molecule has 4 rings (SSSR count). The second-order valence-corrected chi connectivity index (χ2v) is 7.46. The summed E-state index contributed by atoms with van der Waals surface area (Å²) in [5, 5.41) is 2.89. The lowest BCUT2D eigenvalue weighted by molar-refractivity contribution is -0.139. The van der Waals surface area contributed by atoms with Gasteiger partial charge in [-0.2, -0.15) is 0 Å². The number of morpholine rings is 1. The molecular weight excluding hydrogens is 377 g/mol. The second-order valence-electron chi connectivity index (χ2n) is 6.61. The second kappa shape index (κ2) is 8.58. The lowest BCUT2D eigenvalue weighted by Crippen LogP contribution is -2.42. The van der Waals surface area contributed by atoms with Gasteiger partial charge in [-0.15, -0.1) is 11.3 Å². The van der Waals surface area contributed by atoms with Gasteiger partial charge in [-0.25, -0.2) is 9.37 Å². The highest BCUT2D eigenvalue weighted by molar-refractivity contribution is 7.13. The van der Waals surface area contributed by atoms with Gasteiger partial charge in [0.25, 0.3) is 0 Å². The molecular formula is C21H20FN3O2S. The maximum Gasteiger partial charge on any atom is 0.223 e. The molecule has 1 fully saturated rings. The predicted octanol–water partition coefficient (Wildman–Crippen LogP) is 3.88. The van der Waals surface area contributed by atoms with Gasteiger partial charge in [-0.3, -0.25) is 9.78 Å². The number of nitrogens with zero attached hydrogens (tertiary/aromatic N) is 3. The lowest BCUT2D eigenvalue weighted by Gasteiger charge is -2.33. The molecule has 2 aromatic heterocycles. The van der Waals surface area contributed by atoms with Crippen molar-refractivity contribution in [3.05, 3.63) is 71.2 Å². The van der Waals surface area contributed by atoms with E-state index >= 15 is 0 Å². The van der Waals surface area contributed by atoms with E-state index in [4.69, 9.17) is 4.74 Å². The molecule has 0 bridgehead atoms. The Kier molecular flexibility index (Phi) is 5.73. The van der Waals surface area contributed by atoms with E-state index < -0.39 is 6.10 Å². The van der Waals surface area contributed by atoms with Gasteiger partial charge in [0, 0.05) is 41.9 Å². The van der Waals surface area contributed by atoms with Crippen molar-refractivity contribution in [2.75, 3.05) is 19.7 Å². The number of pyridine rings is 1. The number of halogens is 1. The number of benzene rings is 1. The molecule has 5 nitrogen and oxygen atoms in total. The molecule has 144 valence electrons. The Morgan fingerprint density at radius 2 is 2.18 bits per heavy atom. The lowest BCUT2D eigenvalue weighted by atomic mass is 10.1. The van der Waals surface area contributed by atoms with E-state index in [0.717, 1.165) is 16.3 Å². The summed E-state index contributed by atoms with van der Waals surface area (Å²) in [6.07, 6.45) is 4.05. The predicted molar refractivity (Wildman–Crippen MR) is 105 cm³/mol. The molecule has 1 atom stereocenters. The summed E-state index contributed by atoms with van der Waals surface area (Å²) in [6, 6.07) is 10.4. The zero-order valence-corrected chi connectivity index (χ0v) is 16.1. The Bertz CT molecular complexity index is 948. The summed E-state index contributed by atoms with van der Waals surface area (Å²) in [7, 11) is 0. The number of aryl methyl sites for hydroxylation is 1. The molecule has 0 N–H and O–H groups in total. The zero-order valence-electron chi connectivity index (χ0n) is 15.3. The first-order chi connectivity index (χ1) is 13.7. The molecule has 3 aromatic rings. The van der Waals surface area contributed by atoms with Crippen LogP contribution in [0.1, 0.15) is 23.8 Å². The number of thiazole rings is 1. The molecule has 1 amide bonds. The topological polar surface area (TPSA) is 55.3 Å². The first-order valence-electron chi connectivity index (χ1n) is 9.19. The standard InChI is InChI=1S/C21H20FN3O2S/c22-18-6-2-1-5-17(18)19-13-25(10-11-27-19)20(26)8-7-16-14-28-21(24-16)15-4-3-9-23-12-15/h1-6,9,12,14,19H,7-8,10-11,13H2. The Hall–Kier alpha value is -2.64. The van der Waals surface area contributed by atoms with E-state index in [9.17, 15) is 9.18 Å². The largest absolute Gasteiger partial charge is 0.370 e. The zero-order chi connectivity index (χ0) is 19.3. The average Bonchev–Trinajstić information content (AvgIpc) is 3.22. The Morgan fingerprint density at radius 1 is 1.29 bits per heavy atom. The fourth-order valence-electron chi connectivity index (χ4n) is 3.24. The number of hydrogen-bond acceptors (Lipinski definition) is 5. The molecule has 1 unspecified atom stereocenters. The molecule has 0 aliphatic carbocycles. The number of amides is 1. The average molecular weight is 397 g/mol. The van der Waals surface area contributed by atoms with Crippen LogP contribution >= 0.6 is 11.3 Å². The van der Waals surface area contributed by atoms with Crippen LogP contribution in [0.25, 0.3) is 10.6 Å². The molecule has 7 heteroatoms. The fourth-order valence-corrected chi connectivity index (χ4v) is 4.08. The van der Waals surface area contributed by atoms with Crippen LogP contribution in [0.3, 0.4) is 0 Å². The Balaban J connectivity index is 1.35. The summed E-state index contributed by atoms with van der Waals surface area (Å²) in [6.45, 7) is 1.31. The van der Waals surface area contributed by atoms with Crippen molar-refractivity contribution < 1.29 is 13.9 Å². The first-order valence-corrected chi connectivity index (χ1v) is 10.1. The van der Waals surface area contributed by atoms with Crippen LogP contribution in [0.5, 0.6) is 0 Å². The number of rotatable bonds is 5. The smallest absolute Gasteiger partial charge is 0.223 e. The van der Waals surface area contributed by atoms with Crippen molar-refractivity contribution >= 4 is 17.2 Å². The van der Waals surface area contributed by atoms with Gasteiger partial charge in [-0.05, 0) is 24.6 Å². The van der Waals surface area contributed by atoms with Crippen LogP contribution in [0.2, 0.25) is 0 Å². The quantitative estimate of drug-likeness (QED) is 0.656. The normalized spacial score (nSPS) is 16.9. The van der Waals surface area contributed by atoms with Gasteiger partial charge >= 0.3 is 0 Å². The van der Waals surface area contributed by atoms with Crippen LogP contribution in [-0.2, 0) is 16.0 Å². The van der Waals surface area contributed by atoms with Gasteiger partial charge in [0.05, 0.1) is 18.8 Å². The highest BCUT2D eigenvalue weighted by Crippen LogP contribution is 2.26. The van der Waals surface area contributed by atoms with E-state index in [1.54, 1.807) is 46.8 Å². The maximum atomic E-state index is 14.0. The van der Waals surface area contributed by atoms with Gasteiger partial charge < -0.3 is 9.64 Å². The van der Waals surface area contributed by atoms with E-state index in [0.29, 0.717) is 38.1 Å². The molecule has 1 aliphatic heterocycles. The van der Waals surface area contributed by atoms with Crippen molar-refractivity contribution in [1.82, 2.24) is 14.9 Å².